The average molecular weight is 236 g/mol. The third kappa shape index (κ3) is 4.30. The van der Waals surface area contributed by atoms with Crippen molar-refractivity contribution in [1.82, 2.24) is 14.9 Å². The summed E-state index contributed by atoms with van der Waals surface area (Å²) in [6, 6.07) is 2.41. The summed E-state index contributed by atoms with van der Waals surface area (Å²) in [4.78, 5) is 10.8. The number of hydrogen-bond donors (Lipinski definition) is 1. The van der Waals surface area contributed by atoms with Crippen molar-refractivity contribution in [3.8, 4) is 0 Å². The van der Waals surface area contributed by atoms with E-state index in [2.05, 4.69) is 61.1 Å². The van der Waals surface area contributed by atoms with Gasteiger partial charge in [0, 0.05) is 12.6 Å². The van der Waals surface area contributed by atoms with Crippen molar-refractivity contribution in [2.75, 3.05) is 26.0 Å². The maximum atomic E-state index is 4.40. The van der Waals surface area contributed by atoms with Gasteiger partial charge >= 0.3 is 0 Å². The summed E-state index contributed by atoms with van der Waals surface area (Å²) < 4.78 is 0. The number of rotatable bonds is 6. The Balaban J connectivity index is 2.89. The van der Waals surface area contributed by atoms with Crippen LogP contribution in [0.3, 0.4) is 0 Å². The minimum atomic E-state index is 0.357. The van der Waals surface area contributed by atoms with E-state index < -0.39 is 0 Å². The van der Waals surface area contributed by atoms with Gasteiger partial charge in [-0.25, -0.2) is 9.97 Å². The molecular formula is C13H24N4. The molecule has 1 heterocycles. The molecule has 1 N–H and O–H groups in total. The standard InChI is InChI=1S/C13H24N4/c1-6-14-13-8-11(15-9-16-13)12(17(4)5)7-10(2)3/h8-10,12H,6-7H2,1-5H3,(H,14,15,16). The highest BCUT2D eigenvalue weighted by Gasteiger charge is 2.17. The zero-order valence-corrected chi connectivity index (χ0v) is 11.6. The van der Waals surface area contributed by atoms with Crippen molar-refractivity contribution in [3.05, 3.63) is 18.1 Å². The molecule has 96 valence electrons. The predicted octanol–water partition coefficient (Wildman–Crippen LogP) is 2.56. The molecule has 0 aliphatic rings. The van der Waals surface area contributed by atoms with Crippen molar-refractivity contribution < 1.29 is 0 Å². The van der Waals surface area contributed by atoms with Gasteiger partial charge in [-0.2, -0.15) is 0 Å². The van der Waals surface area contributed by atoms with Gasteiger partial charge in [-0.3, -0.25) is 0 Å². The van der Waals surface area contributed by atoms with Crippen LogP contribution in [0.5, 0.6) is 0 Å². The molecule has 4 heteroatoms. The molecule has 0 amide bonds. The van der Waals surface area contributed by atoms with E-state index in [1.54, 1.807) is 6.33 Å². The molecule has 0 aliphatic heterocycles. The molecule has 0 aliphatic carbocycles. The topological polar surface area (TPSA) is 41.0 Å². The zero-order valence-electron chi connectivity index (χ0n) is 11.6. The van der Waals surface area contributed by atoms with Crippen molar-refractivity contribution in [3.63, 3.8) is 0 Å². The average Bonchev–Trinajstić information content (AvgIpc) is 2.26. The van der Waals surface area contributed by atoms with E-state index in [0.717, 1.165) is 24.5 Å². The van der Waals surface area contributed by atoms with Crippen LogP contribution in [0, 0.1) is 5.92 Å². The quantitative estimate of drug-likeness (QED) is 0.824. The van der Waals surface area contributed by atoms with Gasteiger partial charge in [0.1, 0.15) is 12.1 Å². The third-order valence-corrected chi connectivity index (χ3v) is 2.71. The maximum absolute atomic E-state index is 4.40. The molecule has 4 nitrogen and oxygen atoms in total. The molecule has 1 aromatic rings. The normalized spacial score (nSPS) is 13.1. The molecule has 0 saturated heterocycles. The second-order valence-corrected chi connectivity index (χ2v) is 4.97. The molecule has 0 fully saturated rings. The van der Waals surface area contributed by atoms with Gasteiger partial charge < -0.3 is 10.2 Å². The lowest BCUT2D eigenvalue weighted by atomic mass is 10.00. The van der Waals surface area contributed by atoms with Crippen molar-refractivity contribution in [2.24, 2.45) is 5.92 Å². The Morgan fingerprint density at radius 3 is 2.53 bits per heavy atom. The van der Waals surface area contributed by atoms with Crippen molar-refractivity contribution in [2.45, 2.75) is 33.2 Å². The van der Waals surface area contributed by atoms with E-state index in [9.17, 15) is 0 Å². The molecule has 0 radical (unpaired) electrons. The van der Waals surface area contributed by atoms with Gasteiger partial charge in [0.25, 0.3) is 0 Å². The molecule has 1 unspecified atom stereocenters. The van der Waals surface area contributed by atoms with Crippen LogP contribution in [-0.2, 0) is 0 Å². The molecule has 0 saturated carbocycles. The minimum absolute atomic E-state index is 0.357. The number of nitrogens with zero attached hydrogens (tertiary/aromatic N) is 3. The van der Waals surface area contributed by atoms with Gasteiger partial charge in [-0.15, -0.1) is 0 Å². The fraction of sp³-hybridized carbons (Fsp3) is 0.692. The van der Waals surface area contributed by atoms with Crippen molar-refractivity contribution >= 4 is 5.82 Å². The summed E-state index contributed by atoms with van der Waals surface area (Å²) in [5, 5.41) is 3.23. The SMILES string of the molecule is CCNc1cc(C(CC(C)C)N(C)C)ncn1. The molecule has 1 atom stereocenters. The number of hydrogen-bond acceptors (Lipinski definition) is 4. The predicted molar refractivity (Wildman–Crippen MR) is 72.1 cm³/mol. The van der Waals surface area contributed by atoms with Gasteiger partial charge in [0.15, 0.2) is 0 Å². The van der Waals surface area contributed by atoms with Crippen LogP contribution in [0.25, 0.3) is 0 Å². The smallest absolute Gasteiger partial charge is 0.129 e. The van der Waals surface area contributed by atoms with E-state index in [4.69, 9.17) is 0 Å². The lowest BCUT2D eigenvalue weighted by Crippen LogP contribution is -2.22. The first-order chi connectivity index (χ1) is 8.04. The number of nitrogens with one attached hydrogen (secondary N) is 1. The lowest BCUT2D eigenvalue weighted by Gasteiger charge is -2.25. The van der Waals surface area contributed by atoms with Crippen LogP contribution >= 0.6 is 0 Å². The Hall–Kier alpha value is -1.16. The second-order valence-electron chi connectivity index (χ2n) is 4.97. The second kappa shape index (κ2) is 6.55. The van der Waals surface area contributed by atoms with E-state index in [1.807, 2.05) is 0 Å². The molecule has 1 aromatic heterocycles. The molecule has 0 spiro atoms. The number of aromatic nitrogens is 2. The van der Waals surface area contributed by atoms with Crippen LogP contribution in [0.2, 0.25) is 0 Å². The molecule has 0 aromatic carbocycles. The van der Waals surface area contributed by atoms with Gasteiger partial charge in [-0.1, -0.05) is 13.8 Å². The van der Waals surface area contributed by atoms with E-state index in [0.29, 0.717) is 12.0 Å². The fourth-order valence-electron chi connectivity index (χ4n) is 1.87. The van der Waals surface area contributed by atoms with E-state index >= 15 is 0 Å². The highest BCUT2D eigenvalue weighted by molar-refractivity contribution is 5.35. The molecule has 1 rings (SSSR count). The first kappa shape index (κ1) is 13.9. The summed E-state index contributed by atoms with van der Waals surface area (Å²) >= 11 is 0. The van der Waals surface area contributed by atoms with E-state index in [1.165, 1.54) is 0 Å². The summed E-state index contributed by atoms with van der Waals surface area (Å²) in [5.41, 5.74) is 1.09. The summed E-state index contributed by atoms with van der Waals surface area (Å²) in [6.07, 6.45) is 2.75. The Bertz CT molecular complexity index is 336. The third-order valence-electron chi connectivity index (χ3n) is 2.71. The maximum Gasteiger partial charge on any atom is 0.129 e. The molecular weight excluding hydrogens is 212 g/mol. The minimum Gasteiger partial charge on any atom is -0.370 e. The lowest BCUT2D eigenvalue weighted by molar-refractivity contribution is 0.254. The largest absolute Gasteiger partial charge is 0.370 e. The van der Waals surface area contributed by atoms with Crippen LogP contribution in [-0.4, -0.2) is 35.5 Å². The van der Waals surface area contributed by atoms with Gasteiger partial charge in [0.2, 0.25) is 0 Å². The Morgan fingerprint density at radius 1 is 1.29 bits per heavy atom. The fourth-order valence-corrected chi connectivity index (χ4v) is 1.87. The van der Waals surface area contributed by atoms with Gasteiger partial charge in [-0.05, 0) is 33.4 Å². The summed E-state index contributed by atoms with van der Waals surface area (Å²) in [5.74, 6) is 1.56. The van der Waals surface area contributed by atoms with Gasteiger partial charge in [0.05, 0.1) is 11.7 Å². The zero-order chi connectivity index (χ0) is 12.8. The first-order valence-electron chi connectivity index (χ1n) is 6.26. The Labute approximate surface area is 104 Å². The molecule has 17 heavy (non-hydrogen) atoms. The highest BCUT2D eigenvalue weighted by atomic mass is 15.1. The summed E-state index contributed by atoms with van der Waals surface area (Å²) in [6.45, 7) is 7.43. The monoisotopic (exact) mass is 236 g/mol. The summed E-state index contributed by atoms with van der Waals surface area (Å²) in [7, 11) is 4.20. The van der Waals surface area contributed by atoms with Crippen LogP contribution in [0.15, 0.2) is 12.4 Å². The van der Waals surface area contributed by atoms with E-state index in [-0.39, 0.29) is 0 Å². The van der Waals surface area contributed by atoms with Crippen LogP contribution < -0.4 is 5.32 Å². The highest BCUT2D eigenvalue weighted by Crippen LogP contribution is 2.24. The molecule has 0 bridgehead atoms. The van der Waals surface area contributed by atoms with Crippen LogP contribution in [0.1, 0.15) is 38.9 Å². The first-order valence-corrected chi connectivity index (χ1v) is 6.26. The van der Waals surface area contributed by atoms with Crippen LogP contribution in [0.4, 0.5) is 5.82 Å². The Morgan fingerprint density at radius 2 is 2.00 bits per heavy atom. The Kier molecular flexibility index (Phi) is 5.35. The van der Waals surface area contributed by atoms with Crippen molar-refractivity contribution in [1.29, 1.82) is 0 Å². The number of anilines is 1.